The quantitative estimate of drug-likeness (QED) is 0.174. The van der Waals surface area contributed by atoms with Gasteiger partial charge in [0.15, 0.2) is 0 Å². The lowest BCUT2D eigenvalue weighted by Gasteiger charge is -2.20. The van der Waals surface area contributed by atoms with Crippen molar-refractivity contribution in [3.05, 3.63) is 85.3 Å². The van der Waals surface area contributed by atoms with Gasteiger partial charge in [0, 0.05) is 24.2 Å². The molecule has 4 nitrogen and oxygen atoms in total. The van der Waals surface area contributed by atoms with E-state index in [-0.39, 0.29) is 32.3 Å². The van der Waals surface area contributed by atoms with Gasteiger partial charge in [-0.1, -0.05) is 40.9 Å². The average Bonchev–Trinajstić information content (AvgIpc) is 3.34. The summed E-state index contributed by atoms with van der Waals surface area (Å²) >= 11 is 18.4. The summed E-state index contributed by atoms with van der Waals surface area (Å²) in [7, 11) is 1.34. The fraction of sp³-hybridized carbons (Fsp3) is 0.182. The van der Waals surface area contributed by atoms with Crippen LogP contribution >= 0.6 is 46.1 Å². The minimum absolute atomic E-state index is 0.0847. The molecule has 198 valence electrons. The Morgan fingerprint density at radius 2 is 1.70 bits per heavy atom. The van der Waals surface area contributed by atoms with Crippen molar-refractivity contribution in [3.63, 3.8) is 0 Å². The van der Waals surface area contributed by atoms with Crippen molar-refractivity contribution in [1.29, 1.82) is 0 Å². The van der Waals surface area contributed by atoms with Gasteiger partial charge in [-0.15, -0.1) is 11.3 Å². The number of thiazole rings is 1. The summed E-state index contributed by atoms with van der Waals surface area (Å²) < 4.78 is 97.4. The summed E-state index contributed by atoms with van der Waals surface area (Å²) in [4.78, 5) is 16.4. The van der Waals surface area contributed by atoms with Crippen LogP contribution in [0.5, 0.6) is 0 Å². The standard InChI is InChI=1S/C22H13Cl3F7N3OS/c1-35(20-33-4-5-37-20)34-19(36)12-3-2-10(6-14(12)22(30,31)32)17(26)9-13(21(27,28)29)11-7-15(23)18(25)16(24)8-11/h2-9,13H,1H3,(H,34,36)/b17-9-. The van der Waals surface area contributed by atoms with E-state index < -0.39 is 52.3 Å². The van der Waals surface area contributed by atoms with Gasteiger partial charge in [0.05, 0.1) is 26.2 Å². The number of rotatable bonds is 6. The van der Waals surface area contributed by atoms with Gasteiger partial charge in [0.2, 0.25) is 5.13 Å². The van der Waals surface area contributed by atoms with Crippen LogP contribution in [0.4, 0.5) is 35.9 Å². The minimum atomic E-state index is -5.14. The van der Waals surface area contributed by atoms with Crippen LogP contribution < -0.4 is 10.4 Å². The van der Waals surface area contributed by atoms with Crippen LogP contribution in [0.2, 0.25) is 15.1 Å². The van der Waals surface area contributed by atoms with E-state index in [1.807, 2.05) is 0 Å². The second kappa shape index (κ2) is 11.1. The largest absolute Gasteiger partial charge is 0.417 e. The zero-order chi connectivity index (χ0) is 27.7. The Labute approximate surface area is 224 Å². The molecule has 0 aliphatic rings. The van der Waals surface area contributed by atoms with E-state index in [9.17, 15) is 35.5 Å². The summed E-state index contributed by atoms with van der Waals surface area (Å²) in [6, 6.07) is 3.32. The van der Waals surface area contributed by atoms with Gasteiger partial charge in [-0.2, -0.15) is 26.3 Å². The lowest BCUT2D eigenvalue weighted by Crippen LogP contribution is -2.40. The van der Waals surface area contributed by atoms with E-state index in [2.05, 4.69) is 10.4 Å². The Kier molecular flexibility index (Phi) is 8.68. The summed E-state index contributed by atoms with van der Waals surface area (Å²) in [6.45, 7) is 0. The SMILES string of the molecule is CN(NC(=O)c1ccc(/C(F)=C/C(c2cc(Cl)c(Cl)c(Cl)c2)C(F)(F)F)cc1C(F)(F)F)c1nccs1. The van der Waals surface area contributed by atoms with Gasteiger partial charge in [0.1, 0.15) is 11.7 Å². The molecule has 37 heavy (non-hydrogen) atoms. The molecule has 0 radical (unpaired) electrons. The third kappa shape index (κ3) is 6.86. The maximum absolute atomic E-state index is 15.0. The number of carbonyl (C=O) groups excluding carboxylic acids is 1. The van der Waals surface area contributed by atoms with E-state index >= 15 is 0 Å². The number of carbonyl (C=O) groups is 1. The molecule has 15 heteroatoms. The number of hydrogen-bond donors (Lipinski definition) is 1. The van der Waals surface area contributed by atoms with Crippen molar-refractivity contribution in [1.82, 2.24) is 10.4 Å². The van der Waals surface area contributed by atoms with E-state index in [4.69, 9.17) is 34.8 Å². The molecule has 0 saturated carbocycles. The van der Waals surface area contributed by atoms with Gasteiger partial charge in [-0.3, -0.25) is 15.2 Å². The van der Waals surface area contributed by atoms with Crippen molar-refractivity contribution in [2.45, 2.75) is 18.3 Å². The predicted molar refractivity (Wildman–Crippen MR) is 129 cm³/mol. The highest BCUT2D eigenvalue weighted by Crippen LogP contribution is 2.42. The molecule has 0 aliphatic carbocycles. The highest BCUT2D eigenvalue weighted by molar-refractivity contribution is 7.13. The second-order valence-electron chi connectivity index (χ2n) is 7.41. The Balaban J connectivity index is 2.02. The molecule has 1 aromatic heterocycles. The third-order valence-corrected chi connectivity index (χ3v) is 6.90. The fourth-order valence-electron chi connectivity index (χ4n) is 3.14. The van der Waals surface area contributed by atoms with Crippen molar-refractivity contribution in [2.75, 3.05) is 12.1 Å². The van der Waals surface area contributed by atoms with Crippen molar-refractivity contribution in [2.24, 2.45) is 0 Å². The van der Waals surface area contributed by atoms with Crippen molar-refractivity contribution < 1.29 is 35.5 Å². The molecule has 1 amide bonds. The minimum Gasteiger partial charge on any atom is -0.267 e. The molecular weight excluding hydrogens is 594 g/mol. The summed E-state index contributed by atoms with van der Waals surface area (Å²) in [6.07, 6.45) is -8.70. The maximum Gasteiger partial charge on any atom is 0.417 e. The van der Waals surface area contributed by atoms with Gasteiger partial charge in [0.25, 0.3) is 5.91 Å². The van der Waals surface area contributed by atoms with Gasteiger partial charge < -0.3 is 0 Å². The Hall–Kier alpha value is -2.54. The monoisotopic (exact) mass is 605 g/mol. The third-order valence-electron chi connectivity index (χ3n) is 4.85. The van der Waals surface area contributed by atoms with Gasteiger partial charge >= 0.3 is 12.4 Å². The van der Waals surface area contributed by atoms with E-state index in [1.165, 1.54) is 13.2 Å². The smallest absolute Gasteiger partial charge is 0.267 e. The highest BCUT2D eigenvalue weighted by atomic mass is 35.5. The zero-order valence-corrected chi connectivity index (χ0v) is 21.3. The average molecular weight is 607 g/mol. The molecule has 0 saturated heterocycles. The lowest BCUT2D eigenvalue weighted by atomic mass is 9.95. The van der Waals surface area contributed by atoms with Gasteiger partial charge in [-0.25, -0.2) is 9.37 Å². The number of allylic oxidation sites excluding steroid dienone is 1. The zero-order valence-electron chi connectivity index (χ0n) is 18.2. The number of halogens is 10. The number of anilines is 1. The number of alkyl halides is 6. The number of nitrogens with one attached hydrogen (secondary N) is 1. The Morgan fingerprint density at radius 1 is 1.08 bits per heavy atom. The molecule has 0 aliphatic heterocycles. The number of aromatic nitrogens is 1. The van der Waals surface area contributed by atoms with Crippen LogP contribution in [-0.4, -0.2) is 24.1 Å². The highest BCUT2D eigenvalue weighted by Gasteiger charge is 2.41. The number of benzene rings is 2. The number of hydrazine groups is 1. The number of hydrogen-bond acceptors (Lipinski definition) is 4. The van der Waals surface area contributed by atoms with Crippen LogP contribution in [0, 0.1) is 0 Å². The van der Waals surface area contributed by atoms with E-state index in [0.29, 0.717) is 6.07 Å². The van der Waals surface area contributed by atoms with Crippen molar-refractivity contribution >= 4 is 63.0 Å². The summed E-state index contributed by atoms with van der Waals surface area (Å²) in [5.74, 6) is -5.44. The molecule has 3 aromatic rings. The topological polar surface area (TPSA) is 45.2 Å². The second-order valence-corrected chi connectivity index (χ2v) is 9.47. The van der Waals surface area contributed by atoms with Crippen LogP contribution in [0.1, 0.15) is 33.0 Å². The predicted octanol–water partition coefficient (Wildman–Crippen LogP) is 8.56. The van der Waals surface area contributed by atoms with E-state index in [0.717, 1.165) is 34.5 Å². The van der Waals surface area contributed by atoms with Gasteiger partial charge in [-0.05, 0) is 35.9 Å². The molecule has 1 atom stereocenters. The first-order valence-electron chi connectivity index (χ1n) is 9.84. The summed E-state index contributed by atoms with van der Waals surface area (Å²) in [5.41, 5.74) is -1.66. The molecule has 1 heterocycles. The van der Waals surface area contributed by atoms with Crippen LogP contribution in [-0.2, 0) is 6.18 Å². The lowest BCUT2D eigenvalue weighted by molar-refractivity contribution is -0.140. The number of nitrogens with zero attached hydrogens (tertiary/aromatic N) is 2. The van der Waals surface area contributed by atoms with Crippen LogP contribution in [0.3, 0.4) is 0 Å². The summed E-state index contributed by atoms with van der Waals surface area (Å²) in [5, 5.41) is 2.05. The molecule has 2 aromatic carbocycles. The Bertz CT molecular complexity index is 1310. The molecular formula is C22H13Cl3F7N3OS. The molecule has 0 bridgehead atoms. The van der Waals surface area contributed by atoms with Crippen molar-refractivity contribution in [3.8, 4) is 0 Å². The van der Waals surface area contributed by atoms with E-state index in [1.54, 1.807) is 5.38 Å². The Morgan fingerprint density at radius 3 is 2.22 bits per heavy atom. The molecule has 3 rings (SSSR count). The van der Waals surface area contributed by atoms with Crippen LogP contribution in [0.25, 0.3) is 5.83 Å². The molecule has 1 unspecified atom stereocenters. The first-order valence-corrected chi connectivity index (χ1v) is 11.8. The maximum atomic E-state index is 15.0. The molecule has 0 fully saturated rings. The number of amides is 1. The fourth-order valence-corrected chi connectivity index (χ4v) is 4.33. The van der Waals surface area contributed by atoms with Crippen LogP contribution in [0.15, 0.2) is 48.0 Å². The normalized spacial score (nSPS) is 13.4. The molecule has 0 spiro atoms. The molecule has 1 N–H and O–H groups in total. The first kappa shape index (κ1) is 29.0. The first-order chi connectivity index (χ1) is 17.1.